The van der Waals surface area contributed by atoms with E-state index >= 15 is 0 Å². The summed E-state index contributed by atoms with van der Waals surface area (Å²) in [6.07, 6.45) is 15.9. The van der Waals surface area contributed by atoms with Gasteiger partial charge in [-0.3, -0.25) is 0 Å². The second kappa shape index (κ2) is 6.22. The van der Waals surface area contributed by atoms with Gasteiger partial charge in [0.1, 0.15) is 0 Å². The van der Waals surface area contributed by atoms with E-state index in [-0.39, 0.29) is 0 Å². The normalized spacial score (nSPS) is 35.3. The van der Waals surface area contributed by atoms with E-state index in [4.69, 9.17) is 5.73 Å². The third-order valence-corrected chi connectivity index (χ3v) is 5.49. The van der Waals surface area contributed by atoms with Crippen LogP contribution in [0.4, 0.5) is 0 Å². The first kappa shape index (κ1) is 13.4. The van der Waals surface area contributed by atoms with Crippen molar-refractivity contribution in [3.8, 4) is 0 Å². The maximum Gasteiger partial charge on any atom is -0.00204 e. The largest absolute Gasteiger partial charge is 0.330 e. The summed E-state index contributed by atoms with van der Waals surface area (Å²) in [6, 6.07) is 0. The van der Waals surface area contributed by atoms with Gasteiger partial charge in [-0.1, -0.05) is 45.4 Å². The van der Waals surface area contributed by atoms with Gasteiger partial charge in [0, 0.05) is 0 Å². The van der Waals surface area contributed by atoms with Gasteiger partial charge in [-0.25, -0.2) is 0 Å². The van der Waals surface area contributed by atoms with Crippen molar-refractivity contribution < 1.29 is 0 Å². The second-order valence-corrected chi connectivity index (χ2v) is 6.79. The Morgan fingerprint density at radius 3 is 2.18 bits per heavy atom. The van der Waals surface area contributed by atoms with E-state index in [0.717, 1.165) is 18.4 Å². The monoisotopic (exact) mass is 237 g/mol. The van der Waals surface area contributed by atoms with Crippen molar-refractivity contribution in [1.82, 2.24) is 0 Å². The highest BCUT2D eigenvalue weighted by molar-refractivity contribution is 4.89. The van der Waals surface area contributed by atoms with E-state index in [1.54, 1.807) is 0 Å². The van der Waals surface area contributed by atoms with E-state index in [1.807, 2.05) is 0 Å². The molecule has 17 heavy (non-hydrogen) atoms. The van der Waals surface area contributed by atoms with Gasteiger partial charge < -0.3 is 5.73 Å². The zero-order valence-electron chi connectivity index (χ0n) is 11.7. The average molecular weight is 237 g/mol. The van der Waals surface area contributed by atoms with Crippen LogP contribution in [0, 0.1) is 17.3 Å². The predicted molar refractivity (Wildman–Crippen MR) is 74.9 cm³/mol. The summed E-state index contributed by atoms with van der Waals surface area (Å²) >= 11 is 0. The molecule has 2 fully saturated rings. The fraction of sp³-hybridized carbons (Fsp3) is 1.00. The van der Waals surface area contributed by atoms with Crippen LogP contribution in [0.5, 0.6) is 0 Å². The van der Waals surface area contributed by atoms with Crippen molar-refractivity contribution in [2.24, 2.45) is 23.0 Å². The molecule has 0 saturated heterocycles. The number of hydrogen-bond acceptors (Lipinski definition) is 1. The molecule has 0 bridgehead atoms. The molecule has 100 valence electrons. The molecule has 0 atom stereocenters. The zero-order chi connectivity index (χ0) is 12.1. The fourth-order valence-electron chi connectivity index (χ4n) is 4.31. The lowest BCUT2D eigenvalue weighted by Crippen LogP contribution is -2.36. The molecule has 2 saturated carbocycles. The molecule has 0 unspecified atom stereocenters. The van der Waals surface area contributed by atoms with Crippen molar-refractivity contribution in [3.05, 3.63) is 0 Å². The quantitative estimate of drug-likeness (QED) is 0.748. The van der Waals surface area contributed by atoms with Crippen LogP contribution in [0.15, 0.2) is 0 Å². The number of rotatable bonds is 5. The van der Waals surface area contributed by atoms with Crippen LogP contribution >= 0.6 is 0 Å². The van der Waals surface area contributed by atoms with Crippen LogP contribution in [-0.4, -0.2) is 6.54 Å². The summed E-state index contributed by atoms with van der Waals surface area (Å²) in [5.41, 5.74) is 6.68. The van der Waals surface area contributed by atoms with Crippen LogP contribution in [0.1, 0.15) is 77.6 Å². The summed E-state index contributed by atoms with van der Waals surface area (Å²) in [5.74, 6) is 2.03. The Hall–Kier alpha value is -0.0400. The molecule has 2 aliphatic rings. The Morgan fingerprint density at radius 1 is 1.00 bits per heavy atom. The van der Waals surface area contributed by atoms with Gasteiger partial charge >= 0.3 is 0 Å². The molecule has 0 aromatic heterocycles. The van der Waals surface area contributed by atoms with Crippen molar-refractivity contribution >= 4 is 0 Å². The number of hydrogen-bond donors (Lipinski definition) is 1. The van der Waals surface area contributed by atoms with Gasteiger partial charge in [0.05, 0.1) is 0 Å². The molecule has 1 nitrogen and oxygen atoms in total. The van der Waals surface area contributed by atoms with Crippen molar-refractivity contribution in [3.63, 3.8) is 0 Å². The zero-order valence-corrected chi connectivity index (χ0v) is 11.7. The molecular weight excluding hydrogens is 206 g/mol. The minimum Gasteiger partial charge on any atom is -0.330 e. The molecular formula is C16H31N. The molecule has 0 heterocycles. The van der Waals surface area contributed by atoms with E-state index in [2.05, 4.69) is 6.92 Å². The minimum atomic E-state index is 0.541. The lowest BCUT2D eigenvalue weighted by atomic mass is 9.65. The Morgan fingerprint density at radius 2 is 1.65 bits per heavy atom. The van der Waals surface area contributed by atoms with E-state index in [9.17, 15) is 0 Å². The first-order valence-electron chi connectivity index (χ1n) is 7.98. The molecule has 2 aliphatic carbocycles. The molecule has 2 rings (SSSR count). The summed E-state index contributed by atoms with van der Waals surface area (Å²) in [4.78, 5) is 0. The maximum atomic E-state index is 6.14. The average Bonchev–Trinajstić information content (AvgIpc) is 2.85. The molecule has 1 heteroatoms. The Kier molecular flexibility index (Phi) is 4.90. The smallest absolute Gasteiger partial charge is 0.00204 e. The van der Waals surface area contributed by atoms with Gasteiger partial charge in [-0.2, -0.15) is 0 Å². The molecule has 2 N–H and O–H groups in total. The molecule has 0 amide bonds. The predicted octanol–water partition coefficient (Wildman–Crippen LogP) is 4.50. The van der Waals surface area contributed by atoms with Gasteiger partial charge in [-0.05, 0) is 55.9 Å². The van der Waals surface area contributed by atoms with E-state index in [0.29, 0.717) is 5.41 Å². The third kappa shape index (κ3) is 3.47. The summed E-state index contributed by atoms with van der Waals surface area (Å²) in [7, 11) is 0. The Labute approximate surface area is 108 Å². The van der Waals surface area contributed by atoms with Gasteiger partial charge in [0.25, 0.3) is 0 Å². The molecule has 0 spiro atoms. The number of nitrogens with two attached hydrogens (primary N) is 1. The molecule has 0 aromatic rings. The topological polar surface area (TPSA) is 26.0 Å². The van der Waals surface area contributed by atoms with Gasteiger partial charge in [0.15, 0.2) is 0 Å². The Bertz CT molecular complexity index is 210. The van der Waals surface area contributed by atoms with Crippen molar-refractivity contribution in [1.29, 1.82) is 0 Å². The van der Waals surface area contributed by atoms with E-state index < -0.39 is 0 Å². The third-order valence-electron chi connectivity index (χ3n) is 5.49. The minimum absolute atomic E-state index is 0.541. The van der Waals surface area contributed by atoms with Crippen LogP contribution in [0.2, 0.25) is 0 Å². The van der Waals surface area contributed by atoms with Crippen LogP contribution in [0.3, 0.4) is 0 Å². The van der Waals surface area contributed by atoms with Crippen molar-refractivity contribution in [2.75, 3.05) is 6.54 Å². The highest BCUT2D eigenvalue weighted by Crippen LogP contribution is 2.46. The lowest BCUT2D eigenvalue weighted by molar-refractivity contribution is 0.117. The molecule has 0 aliphatic heterocycles. The highest BCUT2D eigenvalue weighted by atomic mass is 14.6. The SMILES string of the molecule is CCCC1CCC(CN)(CC2CCCC2)CC1. The van der Waals surface area contributed by atoms with Crippen LogP contribution in [-0.2, 0) is 0 Å². The summed E-state index contributed by atoms with van der Waals surface area (Å²) in [6.45, 7) is 3.27. The molecule has 0 aromatic carbocycles. The molecule has 0 radical (unpaired) electrons. The van der Waals surface area contributed by atoms with Gasteiger partial charge in [0.2, 0.25) is 0 Å². The highest BCUT2D eigenvalue weighted by Gasteiger charge is 2.36. The second-order valence-electron chi connectivity index (χ2n) is 6.79. The first-order chi connectivity index (χ1) is 8.28. The van der Waals surface area contributed by atoms with Gasteiger partial charge in [-0.15, -0.1) is 0 Å². The van der Waals surface area contributed by atoms with Crippen molar-refractivity contribution in [2.45, 2.75) is 77.6 Å². The van der Waals surface area contributed by atoms with Crippen LogP contribution < -0.4 is 5.73 Å². The lowest BCUT2D eigenvalue weighted by Gasteiger charge is -2.41. The summed E-state index contributed by atoms with van der Waals surface area (Å²) in [5, 5.41) is 0. The maximum absolute atomic E-state index is 6.14. The Balaban J connectivity index is 1.83. The summed E-state index contributed by atoms with van der Waals surface area (Å²) < 4.78 is 0. The van der Waals surface area contributed by atoms with Crippen LogP contribution in [0.25, 0.3) is 0 Å². The standard InChI is InChI=1S/C16H31N/c1-2-5-14-8-10-16(13-17,11-9-14)12-15-6-3-4-7-15/h14-15H,2-13,17H2,1H3. The van der Waals surface area contributed by atoms with E-state index in [1.165, 1.54) is 70.6 Å². The first-order valence-corrected chi connectivity index (χ1v) is 7.98. The fourth-order valence-corrected chi connectivity index (χ4v) is 4.31.